The summed E-state index contributed by atoms with van der Waals surface area (Å²) in [7, 11) is -4.30. The average molecular weight is 450 g/mol. The van der Waals surface area contributed by atoms with Gasteiger partial charge in [-0.2, -0.15) is 13.4 Å². The van der Waals surface area contributed by atoms with Crippen LogP contribution in [0.1, 0.15) is 20.1 Å². The average Bonchev–Trinajstić information content (AvgIpc) is 3.13. The van der Waals surface area contributed by atoms with Crippen LogP contribution in [0, 0.1) is 0 Å². The molecule has 0 bridgehead atoms. The molecular weight excluding hydrogens is 434 g/mol. The molecule has 15 heteroatoms. The topological polar surface area (TPSA) is 175 Å². The SMILES string of the molecule is CC(=O)O[C@@H]1[C@H](OC(C)=O)[C@@H](COS(N)(=O)=O)O[C@H]1n1cnc2cnc(Cl)nc21. The predicted molar refractivity (Wildman–Crippen MR) is 94.4 cm³/mol. The molecule has 0 aliphatic carbocycles. The zero-order chi connectivity index (χ0) is 21.3. The van der Waals surface area contributed by atoms with Crippen molar-refractivity contribution in [3.05, 3.63) is 17.8 Å². The van der Waals surface area contributed by atoms with E-state index in [0.717, 1.165) is 13.8 Å². The number of fused-ring (bicyclic) bond motifs is 1. The van der Waals surface area contributed by atoms with Crippen molar-refractivity contribution in [2.45, 2.75) is 38.4 Å². The van der Waals surface area contributed by atoms with Crippen LogP contribution >= 0.6 is 11.6 Å². The van der Waals surface area contributed by atoms with E-state index in [9.17, 15) is 18.0 Å². The molecule has 0 spiro atoms. The molecule has 0 amide bonds. The van der Waals surface area contributed by atoms with E-state index in [0.29, 0.717) is 5.52 Å². The van der Waals surface area contributed by atoms with Crippen molar-refractivity contribution in [1.29, 1.82) is 0 Å². The molecule has 4 atom stereocenters. The van der Waals surface area contributed by atoms with Gasteiger partial charge in [-0.1, -0.05) is 0 Å². The molecule has 2 aromatic rings. The van der Waals surface area contributed by atoms with Gasteiger partial charge in [-0.05, 0) is 11.6 Å². The number of carbonyl (C=O) groups is 2. The second kappa shape index (κ2) is 8.16. The van der Waals surface area contributed by atoms with Crippen molar-refractivity contribution in [3.63, 3.8) is 0 Å². The van der Waals surface area contributed by atoms with Crippen molar-refractivity contribution in [2.24, 2.45) is 5.14 Å². The summed E-state index contributed by atoms with van der Waals surface area (Å²) in [4.78, 5) is 35.2. The van der Waals surface area contributed by atoms with E-state index in [1.165, 1.54) is 17.1 Å². The van der Waals surface area contributed by atoms with Gasteiger partial charge in [0.25, 0.3) is 0 Å². The van der Waals surface area contributed by atoms with Gasteiger partial charge in [0.15, 0.2) is 24.1 Å². The van der Waals surface area contributed by atoms with Crippen molar-refractivity contribution >= 4 is 45.0 Å². The van der Waals surface area contributed by atoms with Crippen molar-refractivity contribution in [3.8, 4) is 0 Å². The maximum absolute atomic E-state index is 11.7. The fraction of sp³-hybridized carbons (Fsp3) is 0.500. The molecule has 1 saturated heterocycles. The Labute approximate surface area is 169 Å². The highest BCUT2D eigenvalue weighted by molar-refractivity contribution is 7.84. The van der Waals surface area contributed by atoms with Gasteiger partial charge in [-0.25, -0.2) is 15.1 Å². The number of imidazole rings is 1. The molecule has 1 aliphatic heterocycles. The molecule has 3 heterocycles. The molecule has 2 N–H and O–H groups in total. The highest BCUT2D eigenvalue weighted by atomic mass is 35.5. The predicted octanol–water partition coefficient (Wildman–Crippen LogP) is -0.539. The lowest BCUT2D eigenvalue weighted by Crippen LogP contribution is -2.41. The molecule has 0 aromatic carbocycles. The van der Waals surface area contributed by atoms with Crippen LogP contribution in [0.2, 0.25) is 5.28 Å². The minimum atomic E-state index is -4.30. The Hall–Kier alpha value is -2.39. The van der Waals surface area contributed by atoms with Gasteiger partial charge >= 0.3 is 22.2 Å². The Morgan fingerprint density at radius 3 is 2.52 bits per heavy atom. The summed E-state index contributed by atoms with van der Waals surface area (Å²) < 4.78 is 44.6. The van der Waals surface area contributed by atoms with E-state index < -0.39 is 53.4 Å². The monoisotopic (exact) mass is 449 g/mol. The standard InChI is InChI=1S/C14H16ClN5O8S/c1-6(21)26-10-9(4-25-29(16,23)24)28-13(11(10)27-7(2)22)20-5-18-8-3-17-14(15)19-12(8)20/h3,5,9-11,13H,4H2,1-2H3,(H2,16,23,24)/t9-,10-,11-,13-/m1/s1. The quantitative estimate of drug-likeness (QED) is 0.442. The Kier molecular flexibility index (Phi) is 6.00. The maximum Gasteiger partial charge on any atom is 0.333 e. The van der Waals surface area contributed by atoms with Crippen LogP contribution in [0.3, 0.4) is 0 Å². The highest BCUT2D eigenvalue weighted by Crippen LogP contribution is 2.36. The third-order valence-electron chi connectivity index (χ3n) is 3.85. The number of ether oxygens (including phenoxy) is 3. The van der Waals surface area contributed by atoms with Crippen molar-refractivity contribution in [2.75, 3.05) is 6.61 Å². The third-order valence-corrected chi connectivity index (χ3v) is 4.49. The van der Waals surface area contributed by atoms with Crippen molar-refractivity contribution in [1.82, 2.24) is 19.5 Å². The van der Waals surface area contributed by atoms with E-state index in [2.05, 4.69) is 19.1 Å². The van der Waals surface area contributed by atoms with Crippen LogP contribution in [0.25, 0.3) is 11.2 Å². The fourth-order valence-electron chi connectivity index (χ4n) is 2.87. The van der Waals surface area contributed by atoms with E-state index in [4.69, 9.17) is 31.0 Å². The zero-order valence-electron chi connectivity index (χ0n) is 15.1. The van der Waals surface area contributed by atoms with Gasteiger partial charge in [0.05, 0.1) is 19.1 Å². The minimum Gasteiger partial charge on any atom is -0.456 e. The van der Waals surface area contributed by atoms with Gasteiger partial charge < -0.3 is 14.2 Å². The lowest BCUT2D eigenvalue weighted by atomic mass is 10.1. The van der Waals surface area contributed by atoms with Crippen LogP contribution in [-0.4, -0.2) is 64.8 Å². The van der Waals surface area contributed by atoms with E-state index in [1.54, 1.807) is 0 Å². The van der Waals surface area contributed by atoms with Gasteiger partial charge in [0.2, 0.25) is 5.28 Å². The number of rotatable bonds is 6. The fourth-order valence-corrected chi connectivity index (χ4v) is 3.32. The lowest BCUT2D eigenvalue weighted by Gasteiger charge is -2.23. The molecule has 1 aliphatic rings. The van der Waals surface area contributed by atoms with Crippen LogP contribution < -0.4 is 5.14 Å². The third kappa shape index (κ3) is 4.97. The Bertz CT molecular complexity index is 1040. The number of hydrogen-bond acceptors (Lipinski definition) is 11. The number of nitrogens with two attached hydrogens (primary N) is 1. The summed E-state index contributed by atoms with van der Waals surface area (Å²) in [5.41, 5.74) is 0.620. The Balaban J connectivity index is 2.01. The molecule has 1 fully saturated rings. The van der Waals surface area contributed by atoms with Gasteiger partial charge in [-0.15, -0.1) is 0 Å². The summed E-state index contributed by atoms with van der Waals surface area (Å²) in [5, 5.41) is 4.79. The first-order valence-corrected chi connectivity index (χ1v) is 9.92. The second-order valence-electron chi connectivity index (χ2n) is 5.99. The normalized spacial score (nSPS) is 24.6. The molecular formula is C14H16ClN5O8S. The van der Waals surface area contributed by atoms with Gasteiger partial charge in [0, 0.05) is 13.8 Å². The molecule has 0 unspecified atom stereocenters. The number of carbonyl (C=O) groups excluding carboxylic acids is 2. The minimum absolute atomic E-state index is 0.0630. The van der Waals surface area contributed by atoms with Gasteiger partial charge in [0.1, 0.15) is 11.6 Å². The molecule has 29 heavy (non-hydrogen) atoms. The molecule has 0 saturated carbocycles. The van der Waals surface area contributed by atoms with Gasteiger partial charge in [-0.3, -0.25) is 18.3 Å². The summed E-state index contributed by atoms with van der Waals surface area (Å²) >= 11 is 5.84. The smallest absolute Gasteiger partial charge is 0.333 e. The summed E-state index contributed by atoms with van der Waals surface area (Å²) in [6.45, 7) is 1.70. The number of aromatic nitrogens is 4. The van der Waals surface area contributed by atoms with Crippen LogP contribution in [0.5, 0.6) is 0 Å². The maximum atomic E-state index is 11.7. The molecule has 158 valence electrons. The molecule has 13 nitrogen and oxygen atoms in total. The highest BCUT2D eigenvalue weighted by Gasteiger charge is 2.51. The molecule has 3 rings (SSSR count). The largest absolute Gasteiger partial charge is 0.456 e. The summed E-state index contributed by atoms with van der Waals surface area (Å²) in [6, 6.07) is 0. The number of halogens is 1. The van der Waals surface area contributed by atoms with E-state index in [1.807, 2.05) is 0 Å². The molecule has 2 aromatic heterocycles. The summed E-state index contributed by atoms with van der Waals surface area (Å²) in [5.74, 6) is -1.40. The lowest BCUT2D eigenvalue weighted by molar-refractivity contribution is -0.165. The van der Waals surface area contributed by atoms with Crippen molar-refractivity contribution < 1.29 is 36.4 Å². The second-order valence-corrected chi connectivity index (χ2v) is 7.55. The first-order chi connectivity index (χ1) is 13.5. The summed E-state index contributed by atoms with van der Waals surface area (Å²) in [6.07, 6.45) is -1.88. The van der Waals surface area contributed by atoms with E-state index in [-0.39, 0.29) is 10.9 Å². The first kappa shape index (κ1) is 21.3. The number of nitrogens with zero attached hydrogens (tertiary/aromatic N) is 4. The molecule has 0 radical (unpaired) electrons. The van der Waals surface area contributed by atoms with Crippen LogP contribution in [-0.2, 0) is 38.3 Å². The number of hydrogen-bond donors (Lipinski definition) is 1. The van der Waals surface area contributed by atoms with E-state index >= 15 is 0 Å². The Morgan fingerprint density at radius 2 is 1.90 bits per heavy atom. The van der Waals surface area contributed by atoms with Crippen LogP contribution in [0.15, 0.2) is 12.5 Å². The first-order valence-electron chi connectivity index (χ1n) is 8.07. The zero-order valence-corrected chi connectivity index (χ0v) is 16.7. The Morgan fingerprint density at radius 1 is 1.24 bits per heavy atom. The van der Waals surface area contributed by atoms with Crippen LogP contribution in [0.4, 0.5) is 0 Å². The number of esters is 2.